The summed E-state index contributed by atoms with van der Waals surface area (Å²) in [6, 6.07) is 10.7. The van der Waals surface area contributed by atoms with Gasteiger partial charge in [-0.2, -0.15) is 0 Å². The van der Waals surface area contributed by atoms with Crippen molar-refractivity contribution in [1.82, 2.24) is 4.90 Å². The summed E-state index contributed by atoms with van der Waals surface area (Å²) in [7, 11) is 0. The molecule has 23 heavy (non-hydrogen) atoms. The lowest BCUT2D eigenvalue weighted by Crippen LogP contribution is -2.39. The van der Waals surface area contributed by atoms with Crippen LogP contribution >= 0.6 is 27.3 Å². The number of hydrogen-bond donors (Lipinski definition) is 1. The van der Waals surface area contributed by atoms with E-state index in [0.717, 1.165) is 14.2 Å². The SMILES string of the molecule is O=C(O)C1CCN(C(c2cccc(F)c2)c2ccc(Br)s2)CC1. The van der Waals surface area contributed by atoms with Crippen LogP contribution in [0.3, 0.4) is 0 Å². The van der Waals surface area contributed by atoms with Crippen molar-refractivity contribution in [3.63, 3.8) is 0 Å². The summed E-state index contributed by atoms with van der Waals surface area (Å²) in [5.41, 5.74) is 0.910. The molecule has 1 N–H and O–H groups in total. The van der Waals surface area contributed by atoms with Crippen LogP contribution < -0.4 is 0 Å². The highest BCUT2D eigenvalue weighted by molar-refractivity contribution is 9.11. The second-order valence-corrected chi connectivity index (χ2v) is 8.24. The van der Waals surface area contributed by atoms with Gasteiger partial charge in [-0.05, 0) is 71.7 Å². The van der Waals surface area contributed by atoms with Crippen molar-refractivity contribution in [3.8, 4) is 0 Å². The molecule has 0 spiro atoms. The highest BCUT2D eigenvalue weighted by Crippen LogP contribution is 2.37. The van der Waals surface area contributed by atoms with Crippen molar-refractivity contribution in [2.45, 2.75) is 18.9 Å². The minimum Gasteiger partial charge on any atom is -0.481 e. The number of likely N-dealkylation sites (tertiary alicyclic amines) is 1. The lowest BCUT2D eigenvalue weighted by Gasteiger charge is -2.36. The van der Waals surface area contributed by atoms with Crippen LogP contribution in [0, 0.1) is 11.7 Å². The van der Waals surface area contributed by atoms with Crippen LogP contribution in [0.25, 0.3) is 0 Å². The smallest absolute Gasteiger partial charge is 0.306 e. The molecule has 3 nitrogen and oxygen atoms in total. The zero-order valence-corrected chi connectivity index (χ0v) is 14.8. The summed E-state index contributed by atoms with van der Waals surface area (Å²) < 4.78 is 14.7. The summed E-state index contributed by atoms with van der Waals surface area (Å²) in [6.45, 7) is 1.40. The first-order chi connectivity index (χ1) is 11.0. The van der Waals surface area contributed by atoms with Gasteiger partial charge in [0, 0.05) is 4.88 Å². The van der Waals surface area contributed by atoms with Crippen molar-refractivity contribution < 1.29 is 14.3 Å². The number of hydrogen-bond acceptors (Lipinski definition) is 3. The minimum atomic E-state index is -0.717. The summed E-state index contributed by atoms with van der Waals surface area (Å²) in [4.78, 5) is 14.5. The van der Waals surface area contributed by atoms with Gasteiger partial charge in [0.2, 0.25) is 0 Å². The van der Waals surface area contributed by atoms with Gasteiger partial charge in [-0.1, -0.05) is 12.1 Å². The molecular formula is C17H17BrFNO2S. The van der Waals surface area contributed by atoms with E-state index >= 15 is 0 Å². The number of nitrogens with zero attached hydrogens (tertiary/aromatic N) is 1. The Morgan fingerprint density at radius 2 is 2.04 bits per heavy atom. The third kappa shape index (κ3) is 3.82. The zero-order chi connectivity index (χ0) is 16.4. The Balaban J connectivity index is 1.89. The minimum absolute atomic E-state index is 0.0308. The van der Waals surface area contributed by atoms with E-state index in [9.17, 15) is 9.18 Å². The van der Waals surface area contributed by atoms with Crippen LogP contribution in [0.5, 0.6) is 0 Å². The Labute approximate surface area is 146 Å². The first-order valence-electron chi connectivity index (χ1n) is 7.52. The molecule has 1 aliphatic rings. The van der Waals surface area contributed by atoms with Crippen molar-refractivity contribution in [1.29, 1.82) is 0 Å². The third-order valence-electron chi connectivity index (χ3n) is 4.27. The van der Waals surface area contributed by atoms with Gasteiger partial charge in [0.1, 0.15) is 5.82 Å². The Bertz CT molecular complexity index is 697. The number of benzene rings is 1. The van der Waals surface area contributed by atoms with Gasteiger partial charge in [-0.25, -0.2) is 4.39 Å². The van der Waals surface area contributed by atoms with Crippen molar-refractivity contribution in [2.75, 3.05) is 13.1 Å². The highest BCUT2D eigenvalue weighted by atomic mass is 79.9. The largest absolute Gasteiger partial charge is 0.481 e. The number of piperidine rings is 1. The molecular weight excluding hydrogens is 381 g/mol. The van der Waals surface area contributed by atoms with Crippen molar-refractivity contribution in [2.24, 2.45) is 5.92 Å². The normalized spacial score (nSPS) is 18.0. The molecule has 1 saturated heterocycles. The monoisotopic (exact) mass is 397 g/mol. The van der Waals surface area contributed by atoms with E-state index in [1.54, 1.807) is 23.5 Å². The van der Waals surface area contributed by atoms with E-state index in [1.165, 1.54) is 6.07 Å². The molecule has 1 aromatic heterocycles. The summed E-state index contributed by atoms with van der Waals surface area (Å²) in [6.07, 6.45) is 1.27. The van der Waals surface area contributed by atoms with E-state index in [1.807, 2.05) is 18.2 Å². The van der Waals surface area contributed by atoms with Gasteiger partial charge in [0.25, 0.3) is 0 Å². The molecule has 122 valence electrons. The Hall–Kier alpha value is -1.24. The number of rotatable bonds is 4. The molecule has 2 aromatic rings. The first kappa shape index (κ1) is 16.6. The second-order valence-electron chi connectivity index (χ2n) is 5.75. The lowest BCUT2D eigenvalue weighted by molar-refractivity contribution is -0.143. The average molecular weight is 398 g/mol. The van der Waals surface area contributed by atoms with Gasteiger partial charge in [-0.15, -0.1) is 11.3 Å². The predicted octanol–water partition coefficient (Wildman–Crippen LogP) is 4.54. The van der Waals surface area contributed by atoms with E-state index in [4.69, 9.17) is 5.11 Å². The Kier molecular flexibility index (Phi) is 5.14. The Morgan fingerprint density at radius 3 is 2.61 bits per heavy atom. The molecule has 1 atom stereocenters. The number of carboxylic acid groups (broad SMARTS) is 1. The molecule has 0 saturated carbocycles. The van der Waals surface area contributed by atoms with Gasteiger partial charge < -0.3 is 5.11 Å². The molecule has 1 aliphatic heterocycles. The van der Waals surface area contributed by atoms with E-state index in [-0.39, 0.29) is 17.8 Å². The van der Waals surface area contributed by atoms with Gasteiger partial charge in [0.15, 0.2) is 0 Å². The average Bonchev–Trinajstić information content (AvgIpc) is 2.94. The molecule has 2 heterocycles. The van der Waals surface area contributed by atoms with Crippen molar-refractivity contribution >= 4 is 33.2 Å². The molecule has 0 radical (unpaired) electrons. The molecule has 1 unspecified atom stereocenters. The standard InChI is InChI=1S/C17H17BrFNO2S/c18-15-5-4-14(23-15)16(12-2-1-3-13(19)10-12)20-8-6-11(7-9-20)17(21)22/h1-5,10-11,16H,6-9H2,(H,21,22). The fourth-order valence-corrected chi connectivity index (χ4v) is 4.70. The van der Waals surface area contributed by atoms with Crippen LogP contribution in [0.1, 0.15) is 29.3 Å². The van der Waals surface area contributed by atoms with E-state index < -0.39 is 5.97 Å². The molecule has 3 rings (SSSR count). The molecule has 1 aromatic carbocycles. The quantitative estimate of drug-likeness (QED) is 0.823. The van der Waals surface area contributed by atoms with E-state index in [0.29, 0.717) is 25.9 Å². The zero-order valence-electron chi connectivity index (χ0n) is 12.4. The molecule has 6 heteroatoms. The maximum absolute atomic E-state index is 13.7. The van der Waals surface area contributed by atoms with E-state index in [2.05, 4.69) is 20.8 Å². The topological polar surface area (TPSA) is 40.5 Å². The Morgan fingerprint density at radius 1 is 1.30 bits per heavy atom. The maximum atomic E-state index is 13.7. The van der Waals surface area contributed by atoms with Crippen LogP contribution in [0.4, 0.5) is 4.39 Å². The number of carbonyl (C=O) groups is 1. The van der Waals surface area contributed by atoms with Gasteiger partial charge >= 0.3 is 5.97 Å². The maximum Gasteiger partial charge on any atom is 0.306 e. The van der Waals surface area contributed by atoms with Crippen LogP contribution in [-0.2, 0) is 4.79 Å². The van der Waals surface area contributed by atoms with Gasteiger partial charge in [-0.3, -0.25) is 9.69 Å². The van der Waals surface area contributed by atoms with Crippen LogP contribution in [0.2, 0.25) is 0 Å². The fourth-order valence-electron chi connectivity index (χ4n) is 3.11. The van der Waals surface area contributed by atoms with Crippen molar-refractivity contribution in [3.05, 3.63) is 56.4 Å². The highest BCUT2D eigenvalue weighted by Gasteiger charge is 2.30. The predicted molar refractivity (Wildman–Crippen MR) is 92.2 cm³/mol. The van der Waals surface area contributed by atoms with Crippen LogP contribution in [-0.4, -0.2) is 29.1 Å². The summed E-state index contributed by atoms with van der Waals surface area (Å²) in [5.74, 6) is -1.23. The fraction of sp³-hybridized carbons (Fsp3) is 0.353. The third-order valence-corrected chi connectivity index (χ3v) is 5.95. The number of aliphatic carboxylic acids is 1. The molecule has 0 aliphatic carbocycles. The summed E-state index contributed by atoms with van der Waals surface area (Å²) >= 11 is 5.12. The number of thiophene rings is 1. The molecule has 1 fully saturated rings. The first-order valence-corrected chi connectivity index (χ1v) is 9.13. The van der Waals surface area contributed by atoms with Gasteiger partial charge in [0.05, 0.1) is 15.7 Å². The van der Waals surface area contributed by atoms with Crippen LogP contribution in [0.15, 0.2) is 40.2 Å². The summed E-state index contributed by atoms with van der Waals surface area (Å²) in [5, 5.41) is 9.16. The molecule has 0 amide bonds. The number of halogens is 2. The molecule has 0 bridgehead atoms. The second kappa shape index (κ2) is 7.11. The number of carboxylic acids is 1. The lowest BCUT2D eigenvalue weighted by atomic mass is 9.94.